The van der Waals surface area contributed by atoms with Crippen molar-refractivity contribution in [2.45, 2.75) is 45.2 Å². The van der Waals surface area contributed by atoms with Crippen molar-refractivity contribution in [3.63, 3.8) is 0 Å². The SMILES string of the molecule is CCNC(=O)C1COCCN1C(=O)C1CC(C)CC(N)C1. The Hall–Kier alpha value is -1.14. The number of hydrogen-bond donors (Lipinski definition) is 2. The highest BCUT2D eigenvalue weighted by Crippen LogP contribution is 2.30. The van der Waals surface area contributed by atoms with Crippen LogP contribution in [0.2, 0.25) is 0 Å². The summed E-state index contributed by atoms with van der Waals surface area (Å²) < 4.78 is 5.38. The molecule has 1 saturated heterocycles. The van der Waals surface area contributed by atoms with Crippen LogP contribution in [0.1, 0.15) is 33.1 Å². The largest absolute Gasteiger partial charge is 0.377 e. The fourth-order valence-corrected chi connectivity index (χ4v) is 3.47. The van der Waals surface area contributed by atoms with E-state index in [1.807, 2.05) is 6.92 Å². The van der Waals surface area contributed by atoms with Gasteiger partial charge >= 0.3 is 0 Å². The van der Waals surface area contributed by atoms with E-state index >= 15 is 0 Å². The van der Waals surface area contributed by atoms with Crippen molar-refractivity contribution in [3.05, 3.63) is 0 Å². The smallest absolute Gasteiger partial charge is 0.245 e. The lowest BCUT2D eigenvalue weighted by molar-refractivity contribution is -0.152. The second-order valence-electron chi connectivity index (χ2n) is 6.29. The van der Waals surface area contributed by atoms with E-state index in [-0.39, 0.29) is 30.4 Å². The summed E-state index contributed by atoms with van der Waals surface area (Å²) >= 11 is 0. The zero-order chi connectivity index (χ0) is 15.4. The number of nitrogens with two attached hydrogens (primary N) is 1. The van der Waals surface area contributed by atoms with Gasteiger partial charge in [-0.2, -0.15) is 0 Å². The van der Waals surface area contributed by atoms with E-state index in [9.17, 15) is 9.59 Å². The summed E-state index contributed by atoms with van der Waals surface area (Å²) in [6.07, 6.45) is 2.57. The summed E-state index contributed by atoms with van der Waals surface area (Å²) in [7, 11) is 0. The van der Waals surface area contributed by atoms with Crippen molar-refractivity contribution in [2.24, 2.45) is 17.6 Å². The molecule has 2 aliphatic rings. The quantitative estimate of drug-likeness (QED) is 0.774. The molecule has 1 heterocycles. The average molecular weight is 297 g/mol. The lowest BCUT2D eigenvalue weighted by Gasteiger charge is -2.39. The first-order valence-corrected chi connectivity index (χ1v) is 7.94. The standard InChI is InChI=1S/C15H27N3O3/c1-3-17-14(19)13-9-21-5-4-18(13)15(20)11-6-10(2)7-12(16)8-11/h10-13H,3-9,16H2,1-2H3,(H,17,19). The molecule has 21 heavy (non-hydrogen) atoms. The van der Waals surface area contributed by atoms with Gasteiger partial charge in [0.15, 0.2) is 0 Å². The number of rotatable bonds is 3. The van der Waals surface area contributed by atoms with Crippen LogP contribution >= 0.6 is 0 Å². The number of likely N-dealkylation sites (N-methyl/N-ethyl adjacent to an activating group) is 1. The highest BCUT2D eigenvalue weighted by Gasteiger charge is 2.38. The number of nitrogens with one attached hydrogen (secondary N) is 1. The van der Waals surface area contributed by atoms with Crippen LogP contribution < -0.4 is 11.1 Å². The number of amides is 2. The number of nitrogens with zero attached hydrogens (tertiary/aromatic N) is 1. The zero-order valence-corrected chi connectivity index (χ0v) is 13.0. The topological polar surface area (TPSA) is 84.7 Å². The first-order valence-electron chi connectivity index (χ1n) is 7.94. The average Bonchev–Trinajstić information content (AvgIpc) is 2.45. The molecule has 2 rings (SSSR count). The molecule has 6 nitrogen and oxygen atoms in total. The molecule has 4 atom stereocenters. The number of carbonyl (C=O) groups is 2. The summed E-state index contributed by atoms with van der Waals surface area (Å²) in [5, 5.41) is 2.78. The van der Waals surface area contributed by atoms with Crippen molar-refractivity contribution >= 4 is 11.8 Å². The predicted octanol–water partition coefficient (Wildman–Crippen LogP) is 0.113. The van der Waals surface area contributed by atoms with E-state index in [2.05, 4.69) is 12.2 Å². The Balaban J connectivity index is 2.05. The molecule has 3 N–H and O–H groups in total. The fourth-order valence-electron chi connectivity index (χ4n) is 3.47. The van der Waals surface area contributed by atoms with Crippen LogP contribution in [0.25, 0.3) is 0 Å². The molecule has 0 aromatic rings. The Morgan fingerprint density at radius 1 is 1.33 bits per heavy atom. The molecule has 1 aliphatic heterocycles. The third-order valence-electron chi connectivity index (χ3n) is 4.39. The van der Waals surface area contributed by atoms with Crippen molar-refractivity contribution in [2.75, 3.05) is 26.3 Å². The van der Waals surface area contributed by atoms with E-state index in [0.29, 0.717) is 25.6 Å². The Bertz CT molecular complexity index is 378. The molecule has 2 fully saturated rings. The highest BCUT2D eigenvalue weighted by atomic mass is 16.5. The number of morpholine rings is 1. The Labute approximate surface area is 126 Å². The summed E-state index contributed by atoms with van der Waals surface area (Å²) in [6.45, 7) is 5.83. The van der Waals surface area contributed by atoms with Crippen molar-refractivity contribution in [1.82, 2.24) is 10.2 Å². The summed E-state index contributed by atoms with van der Waals surface area (Å²) in [6, 6.07) is -0.411. The van der Waals surface area contributed by atoms with Crippen molar-refractivity contribution < 1.29 is 14.3 Å². The molecule has 0 bridgehead atoms. The predicted molar refractivity (Wildman–Crippen MR) is 79.5 cm³/mol. The lowest BCUT2D eigenvalue weighted by atomic mass is 9.79. The normalized spacial score (nSPS) is 33.6. The van der Waals surface area contributed by atoms with E-state index in [4.69, 9.17) is 10.5 Å². The van der Waals surface area contributed by atoms with Crippen LogP contribution in [0.3, 0.4) is 0 Å². The molecule has 1 saturated carbocycles. The van der Waals surface area contributed by atoms with Gasteiger partial charge in [0.1, 0.15) is 6.04 Å². The summed E-state index contributed by atoms with van der Waals surface area (Å²) in [5.74, 6) is 0.348. The fraction of sp³-hybridized carbons (Fsp3) is 0.867. The minimum absolute atomic E-state index is 0.0567. The Kier molecular flexibility index (Phi) is 5.58. The van der Waals surface area contributed by atoms with Gasteiger partial charge < -0.3 is 20.7 Å². The lowest BCUT2D eigenvalue weighted by Crippen LogP contribution is -2.57. The van der Waals surface area contributed by atoms with Crippen LogP contribution in [-0.4, -0.2) is 55.1 Å². The van der Waals surface area contributed by atoms with E-state index in [1.54, 1.807) is 4.90 Å². The van der Waals surface area contributed by atoms with Gasteiger partial charge in [0, 0.05) is 25.0 Å². The molecular formula is C15H27N3O3. The van der Waals surface area contributed by atoms with Gasteiger partial charge in [-0.05, 0) is 32.1 Å². The van der Waals surface area contributed by atoms with Gasteiger partial charge in [0.2, 0.25) is 11.8 Å². The molecule has 0 radical (unpaired) electrons. The maximum Gasteiger partial charge on any atom is 0.245 e. The van der Waals surface area contributed by atoms with Gasteiger partial charge in [-0.3, -0.25) is 9.59 Å². The van der Waals surface area contributed by atoms with Crippen LogP contribution in [-0.2, 0) is 14.3 Å². The van der Waals surface area contributed by atoms with Gasteiger partial charge in [-0.1, -0.05) is 6.92 Å². The van der Waals surface area contributed by atoms with E-state index < -0.39 is 6.04 Å². The molecule has 0 aromatic carbocycles. The van der Waals surface area contributed by atoms with Crippen LogP contribution in [0.5, 0.6) is 0 Å². The molecular weight excluding hydrogens is 270 g/mol. The van der Waals surface area contributed by atoms with Gasteiger partial charge in [0.05, 0.1) is 13.2 Å². The maximum atomic E-state index is 12.8. The third-order valence-corrected chi connectivity index (χ3v) is 4.39. The first kappa shape index (κ1) is 16.2. The first-order chi connectivity index (χ1) is 10.0. The van der Waals surface area contributed by atoms with Crippen molar-refractivity contribution in [1.29, 1.82) is 0 Å². The molecule has 1 aliphatic carbocycles. The molecule has 2 amide bonds. The number of carbonyl (C=O) groups excluding carboxylic acids is 2. The van der Waals surface area contributed by atoms with Gasteiger partial charge in [0.25, 0.3) is 0 Å². The summed E-state index contributed by atoms with van der Waals surface area (Å²) in [5.41, 5.74) is 6.05. The molecule has 4 unspecified atom stereocenters. The van der Waals surface area contributed by atoms with Crippen LogP contribution in [0.4, 0.5) is 0 Å². The third kappa shape index (κ3) is 3.95. The van der Waals surface area contributed by atoms with Gasteiger partial charge in [-0.25, -0.2) is 0 Å². The Morgan fingerprint density at radius 3 is 2.76 bits per heavy atom. The number of ether oxygens (including phenoxy) is 1. The minimum atomic E-state index is -0.500. The van der Waals surface area contributed by atoms with E-state index in [0.717, 1.165) is 19.3 Å². The zero-order valence-electron chi connectivity index (χ0n) is 13.0. The van der Waals surface area contributed by atoms with E-state index in [1.165, 1.54) is 0 Å². The second-order valence-corrected chi connectivity index (χ2v) is 6.29. The number of hydrogen-bond acceptors (Lipinski definition) is 4. The second kappa shape index (κ2) is 7.22. The van der Waals surface area contributed by atoms with Crippen molar-refractivity contribution in [3.8, 4) is 0 Å². The Morgan fingerprint density at radius 2 is 2.10 bits per heavy atom. The molecule has 0 aromatic heterocycles. The molecule has 0 spiro atoms. The monoisotopic (exact) mass is 297 g/mol. The van der Waals surface area contributed by atoms with Crippen LogP contribution in [0, 0.1) is 11.8 Å². The molecule has 6 heteroatoms. The maximum absolute atomic E-state index is 12.8. The minimum Gasteiger partial charge on any atom is -0.377 e. The summed E-state index contributed by atoms with van der Waals surface area (Å²) in [4.78, 5) is 26.6. The molecule has 120 valence electrons. The van der Waals surface area contributed by atoms with Gasteiger partial charge in [-0.15, -0.1) is 0 Å². The van der Waals surface area contributed by atoms with Crippen LogP contribution in [0.15, 0.2) is 0 Å². The highest BCUT2D eigenvalue weighted by molar-refractivity contribution is 5.89.